The Morgan fingerprint density at radius 1 is 0.960 bits per heavy atom. The van der Waals surface area contributed by atoms with E-state index in [9.17, 15) is 14.4 Å². The van der Waals surface area contributed by atoms with Gasteiger partial charge >= 0.3 is 6.09 Å². The Balaban J connectivity index is 1.99. The molecule has 0 fully saturated rings. The maximum atomic E-state index is 12.4. The van der Waals surface area contributed by atoms with Crippen LogP contribution >= 0.6 is 0 Å². The lowest BCUT2D eigenvalue weighted by Gasteiger charge is -2.11. The summed E-state index contributed by atoms with van der Waals surface area (Å²) in [6, 6.07) is 15.5. The minimum absolute atomic E-state index is 0.155. The third kappa shape index (κ3) is 5.65. The van der Waals surface area contributed by atoms with Crippen LogP contribution in [-0.2, 0) is 9.53 Å². The van der Waals surface area contributed by atoms with Crippen LogP contribution in [0.15, 0.2) is 54.6 Å². The van der Waals surface area contributed by atoms with Crippen molar-refractivity contribution in [2.45, 2.75) is 6.92 Å². The number of carbonyl (C=O) groups excluding carboxylic acids is 3. The monoisotopic (exact) mass is 342 g/mol. The van der Waals surface area contributed by atoms with E-state index in [-0.39, 0.29) is 23.8 Å². The van der Waals surface area contributed by atoms with Crippen LogP contribution in [0.4, 0.5) is 10.5 Å². The van der Waals surface area contributed by atoms with E-state index in [1.807, 2.05) is 11.4 Å². The molecular weight excluding hydrogens is 324 g/mol. The number of amides is 3. The molecule has 0 aliphatic heterocycles. The van der Waals surface area contributed by atoms with Crippen molar-refractivity contribution < 1.29 is 23.9 Å². The van der Waals surface area contributed by atoms with Crippen molar-refractivity contribution in [3.63, 3.8) is 0 Å². The number of hydrogen-bond acceptors (Lipinski definition) is 5. The number of anilines is 1. The van der Waals surface area contributed by atoms with E-state index in [1.54, 1.807) is 55.5 Å². The van der Waals surface area contributed by atoms with E-state index in [0.29, 0.717) is 5.69 Å². The van der Waals surface area contributed by atoms with Crippen LogP contribution in [0.25, 0.3) is 0 Å². The summed E-state index contributed by atoms with van der Waals surface area (Å²) in [5, 5.41) is 4.76. The van der Waals surface area contributed by atoms with E-state index >= 15 is 0 Å². The highest BCUT2D eigenvalue weighted by Gasteiger charge is 2.14. The molecule has 0 atom stereocenters. The van der Waals surface area contributed by atoms with Crippen molar-refractivity contribution in [1.29, 1.82) is 0 Å². The minimum atomic E-state index is -0.841. The molecule has 2 N–H and O–H groups in total. The summed E-state index contributed by atoms with van der Waals surface area (Å²) < 4.78 is 9.96. The molecule has 0 unspecified atom stereocenters. The Labute approximate surface area is 144 Å². The zero-order valence-electron chi connectivity index (χ0n) is 13.7. The Kier molecular flexibility index (Phi) is 6.53. The van der Waals surface area contributed by atoms with Crippen molar-refractivity contribution in [1.82, 2.24) is 5.32 Å². The van der Waals surface area contributed by atoms with Crippen LogP contribution in [0.1, 0.15) is 17.3 Å². The number of para-hydroxylation sites is 2. The Morgan fingerprint density at radius 3 is 2.36 bits per heavy atom. The van der Waals surface area contributed by atoms with Gasteiger partial charge in [0, 0.05) is 5.69 Å². The highest BCUT2D eigenvalue weighted by Crippen LogP contribution is 2.19. The number of benzene rings is 2. The van der Waals surface area contributed by atoms with Gasteiger partial charge in [-0.2, -0.15) is 0 Å². The molecule has 0 aliphatic carbocycles. The van der Waals surface area contributed by atoms with E-state index < -0.39 is 18.6 Å². The van der Waals surface area contributed by atoms with Gasteiger partial charge in [-0.05, 0) is 31.2 Å². The number of ether oxygens (including phenoxy) is 2. The van der Waals surface area contributed by atoms with Gasteiger partial charge in [0.2, 0.25) is 0 Å². The summed E-state index contributed by atoms with van der Waals surface area (Å²) in [7, 11) is 0. The number of imide groups is 1. The van der Waals surface area contributed by atoms with E-state index in [0.717, 1.165) is 0 Å². The quantitative estimate of drug-likeness (QED) is 0.841. The Hall–Kier alpha value is -3.35. The van der Waals surface area contributed by atoms with Gasteiger partial charge in [0.25, 0.3) is 11.8 Å². The fourth-order valence-corrected chi connectivity index (χ4v) is 1.96. The molecule has 0 spiro atoms. The first-order valence-electron chi connectivity index (χ1n) is 7.65. The molecule has 25 heavy (non-hydrogen) atoms. The lowest BCUT2D eigenvalue weighted by Crippen LogP contribution is -2.35. The molecule has 2 rings (SSSR count). The number of nitrogens with one attached hydrogen (secondary N) is 2. The second kappa shape index (κ2) is 9.07. The topological polar surface area (TPSA) is 93.7 Å². The van der Waals surface area contributed by atoms with Crippen LogP contribution in [-0.4, -0.2) is 31.1 Å². The number of alkyl carbamates (subject to hydrolysis) is 1. The molecule has 0 aromatic heterocycles. The first-order valence-corrected chi connectivity index (χ1v) is 7.65. The van der Waals surface area contributed by atoms with E-state index in [4.69, 9.17) is 4.74 Å². The average molecular weight is 342 g/mol. The fraction of sp³-hybridized carbons (Fsp3) is 0.167. The molecule has 0 heterocycles. The number of hydrogen-bond donors (Lipinski definition) is 2. The van der Waals surface area contributed by atoms with Crippen molar-refractivity contribution >= 4 is 23.6 Å². The lowest BCUT2D eigenvalue weighted by molar-refractivity contribution is -0.122. The fourth-order valence-electron chi connectivity index (χ4n) is 1.96. The zero-order valence-corrected chi connectivity index (χ0v) is 13.7. The molecular formula is C18H18N2O5. The van der Waals surface area contributed by atoms with Crippen LogP contribution in [0, 0.1) is 0 Å². The molecule has 130 valence electrons. The van der Waals surface area contributed by atoms with E-state index in [2.05, 4.69) is 10.1 Å². The second-order valence-corrected chi connectivity index (χ2v) is 4.87. The standard InChI is InChI=1S/C18H18N2O5/c1-2-24-18(23)20-16(21)12-25-15-11-7-6-10-14(15)17(22)19-13-8-4-3-5-9-13/h3-11H,2,12H2,1H3,(H,19,22)(H,20,21,23). The average Bonchev–Trinajstić information content (AvgIpc) is 2.61. The summed E-state index contributed by atoms with van der Waals surface area (Å²) in [6.07, 6.45) is -0.841. The molecule has 3 amide bonds. The molecule has 0 aliphatic rings. The van der Waals surface area contributed by atoms with Gasteiger partial charge in [0.05, 0.1) is 12.2 Å². The first-order chi connectivity index (χ1) is 12.1. The van der Waals surface area contributed by atoms with Gasteiger partial charge < -0.3 is 14.8 Å². The first kappa shape index (κ1) is 18.0. The van der Waals surface area contributed by atoms with Gasteiger partial charge in [-0.25, -0.2) is 4.79 Å². The minimum Gasteiger partial charge on any atom is -0.483 e. The highest BCUT2D eigenvalue weighted by atomic mass is 16.5. The maximum Gasteiger partial charge on any atom is 0.413 e. The summed E-state index contributed by atoms with van der Waals surface area (Å²) in [5.74, 6) is -0.806. The molecule has 0 saturated heterocycles. The zero-order chi connectivity index (χ0) is 18.1. The molecule has 2 aromatic carbocycles. The van der Waals surface area contributed by atoms with Crippen molar-refractivity contribution in [3.8, 4) is 5.75 Å². The SMILES string of the molecule is CCOC(=O)NC(=O)COc1ccccc1C(=O)Nc1ccccc1. The molecule has 2 aromatic rings. The van der Waals surface area contributed by atoms with E-state index in [1.165, 1.54) is 0 Å². The van der Waals surface area contributed by atoms with Crippen LogP contribution in [0.5, 0.6) is 5.75 Å². The van der Waals surface area contributed by atoms with Crippen LogP contribution in [0.2, 0.25) is 0 Å². The molecule has 0 saturated carbocycles. The lowest BCUT2D eigenvalue weighted by atomic mass is 10.2. The largest absolute Gasteiger partial charge is 0.483 e. The smallest absolute Gasteiger partial charge is 0.413 e. The van der Waals surface area contributed by atoms with Crippen molar-refractivity contribution in [3.05, 3.63) is 60.2 Å². The van der Waals surface area contributed by atoms with Gasteiger partial charge in [-0.15, -0.1) is 0 Å². The van der Waals surface area contributed by atoms with Gasteiger partial charge in [-0.1, -0.05) is 30.3 Å². The Morgan fingerprint density at radius 2 is 1.64 bits per heavy atom. The predicted molar refractivity (Wildman–Crippen MR) is 91.5 cm³/mol. The van der Waals surface area contributed by atoms with Crippen molar-refractivity contribution in [2.24, 2.45) is 0 Å². The third-order valence-corrected chi connectivity index (χ3v) is 3.04. The summed E-state index contributed by atoms with van der Waals surface area (Å²) >= 11 is 0. The summed E-state index contributed by atoms with van der Waals surface area (Å²) in [6.45, 7) is 1.36. The number of rotatable bonds is 6. The maximum absolute atomic E-state index is 12.4. The second-order valence-electron chi connectivity index (χ2n) is 4.87. The molecule has 0 bridgehead atoms. The third-order valence-electron chi connectivity index (χ3n) is 3.04. The van der Waals surface area contributed by atoms with Crippen molar-refractivity contribution in [2.75, 3.05) is 18.5 Å². The summed E-state index contributed by atoms with van der Waals surface area (Å²) in [4.78, 5) is 35.2. The summed E-state index contributed by atoms with van der Waals surface area (Å²) in [5.41, 5.74) is 0.914. The van der Waals surface area contributed by atoms with Gasteiger partial charge in [-0.3, -0.25) is 14.9 Å². The normalized spacial score (nSPS) is 9.80. The predicted octanol–water partition coefficient (Wildman–Crippen LogP) is 2.59. The Bertz CT molecular complexity index is 746. The number of carbonyl (C=O) groups is 3. The highest BCUT2D eigenvalue weighted by molar-refractivity contribution is 6.06. The molecule has 7 nitrogen and oxygen atoms in total. The molecule has 7 heteroatoms. The van der Waals surface area contributed by atoms with Crippen LogP contribution in [0.3, 0.4) is 0 Å². The van der Waals surface area contributed by atoms with Gasteiger partial charge in [0.15, 0.2) is 6.61 Å². The van der Waals surface area contributed by atoms with Gasteiger partial charge in [0.1, 0.15) is 5.75 Å². The molecule has 0 radical (unpaired) electrons. The van der Waals surface area contributed by atoms with Crippen LogP contribution < -0.4 is 15.4 Å².